The number of rotatable bonds is 3. The molecule has 22 heavy (non-hydrogen) atoms. The first-order chi connectivity index (χ1) is 10.6. The van der Waals surface area contributed by atoms with E-state index in [9.17, 15) is 4.39 Å². The lowest BCUT2D eigenvalue weighted by Gasteiger charge is -2.08. The summed E-state index contributed by atoms with van der Waals surface area (Å²) in [5.74, 6) is 0.181. The van der Waals surface area contributed by atoms with E-state index in [0.29, 0.717) is 22.5 Å². The average Bonchev–Trinajstić information content (AvgIpc) is 2.84. The average molecular weight is 361 g/mol. The molecule has 3 rings (SSSR count). The minimum Gasteiger partial charge on any atom is -0.383 e. The highest BCUT2D eigenvalue weighted by molar-refractivity contribution is 9.10. The maximum Gasteiger partial charge on any atom is 0.142 e. The van der Waals surface area contributed by atoms with Crippen LogP contribution in [0.25, 0.3) is 16.9 Å². The smallest absolute Gasteiger partial charge is 0.142 e. The number of halogens is 2. The quantitative estimate of drug-likeness (QED) is 0.750. The first-order valence-electron chi connectivity index (χ1n) is 6.70. The largest absolute Gasteiger partial charge is 0.383 e. The summed E-state index contributed by atoms with van der Waals surface area (Å²) >= 11 is 3.47. The van der Waals surface area contributed by atoms with Gasteiger partial charge in [0.05, 0.1) is 10.2 Å². The highest BCUT2D eigenvalue weighted by atomic mass is 79.9. The Labute approximate surface area is 135 Å². The van der Waals surface area contributed by atoms with Crippen LogP contribution in [-0.2, 0) is 6.54 Å². The van der Waals surface area contributed by atoms with Gasteiger partial charge in [0.2, 0.25) is 0 Å². The third-order valence-corrected chi connectivity index (χ3v) is 4.20. The van der Waals surface area contributed by atoms with E-state index in [1.165, 1.54) is 12.1 Å². The van der Waals surface area contributed by atoms with Crippen LogP contribution in [0.4, 0.5) is 10.2 Å². The van der Waals surface area contributed by atoms with Crippen molar-refractivity contribution in [1.82, 2.24) is 9.78 Å². The molecule has 0 amide bonds. The molecule has 112 valence electrons. The summed E-state index contributed by atoms with van der Waals surface area (Å²) < 4.78 is 15.4. The Morgan fingerprint density at radius 1 is 1.09 bits per heavy atom. The van der Waals surface area contributed by atoms with Gasteiger partial charge in [-0.25, -0.2) is 9.07 Å². The zero-order valence-corrected chi connectivity index (χ0v) is 13.2. The van der Waals surface area contributed by atoms with Crippen molar-refractivity contribution < 1.29 is 4.39 Å². The van der Waals surface area contributed by atoms with Crippen LogP contribution < -0.4 is 11.5 Å². The van der Waals surface area contributed by atoms with Gasteiger partial charge >= 0.3 is 0 Å². The molecule has 0 aliphatic heterocycles. The molecule has 3 aromatic rings. The molecule has 0 radical (unpaired) electrons. The Morgan fingerprint density at radius 3 is 2.45 bits per heavy atom. The van der Waals surface area contributed by atoms with Gasteiger partial charge in [-0.2, -0.15) is 5.10 Å². The molecule has 6 heteroatoms. The maximum absolute atomic E-state index is 13.1. The molecule has 2 aromatic carbocycles. The van der Waals surface area contributed by atoms with Crippen molar-refractivity contribution in [3.8, 4) is 16.9 Å². The predicted octanol–water partition coefficient (Wildman–Crippen LogP) is 3.48. The van der Waals surface area contributed by atoms with Crippen LogP contribution >= 0.6 is 15.9 Å². The fraction of sp³-hybridized carbons (Fsp3) is 0.0625. The second-order valence-electron chi connectivity index (χ2n) is 4.80. The van der Waals surface area contributed by atoms with Gasteiger partial charge in [0.15, 0.2) is 0 Å². The molecule has 1 heterocycles. The van der Waals surface area contributed by atoms with Crippen LogP contribution in [0.3, 0.4) is 0 Å². The number of nitrogen functional groups attached to an aromatic ring is 1. The van der Waals surface area contributed by atoms with Crippen LogP contribution in [-0.4, -0.2) is 9.78 Å². The minimum atomic E-state index is -0.291. The highest BCUT2D eigenvalue weighted by Crippen LogP contribution is 2.34. The fourth-order valence-corrected chi connectivity index (χ4v) is 2.75. The van der Waals surface area contributed by atoms with E-state index in [2.05, 4.69) is 21.0 Å². The molecular formula is C16H14BrFN4. The summed E-state index contributed by atoms with van der Waals surface area (Å²) in [6, 6.07) is 13.8. The molecular weight excluding hydrogens is 347 g/mol. The zero-order valence-electron chi connectivity index (χ0n) is 11.6. The summed E-state index contributed by atoms with van der Waals surface area (Å²) in [5.41, 5.74) is 15.1. The van der Waals surface area contributed by atoms with Crippen LogP contribution in [0.1, 0.15) is 5.56 Å². The van der Waals surface area contributed by atoms with Crippen LogP contribution in [0.2, 0.25) is 0 Å². The topological polar surface area (TPSA) is 69.9 Å². The lowest BCUT2D eigenvalue weighted by molar-refractivity contribution is 0.628. The third-order valence-electron chi connectivity index (χ3n) is 3.42. The number of benzene rings is 2. The molecule has 0 bridgehead atoms. The summed E-state index contributed by atoms with van der Waals surface area (Å²) in [5, 5.41) is 4.55. The van der Waals surface area contributed by atoms with E-state index in [4.69, 9.17) is 11.5 Å². The van der Waals surface area contributed by atoms with E-state index < -0.39 is 0 Å². The number of hydrogen-bond acceptors (Lipinski definition) is 3. The lowest BCUT2D eigenvalue weighted by atomic mass is 10.1. The van der Waals surface area contributed by atoms with Gasteiger partial charge in [-0.1, -0.05) is 18.2 Å². The van der Waals surface area contributed by atoms with E-state index >= 15 is 0 Å². The second kappa shape index (κ2) is 5.90. The number of aromatic nitrogens is 2. The van der Waals surface area contributed by atoms with Gasteiger partial charge < -0.3 is 11.5 Å². The van der Waals surface area contributed by atoms with E-state index in [0.717, 1.165) is 16.8 Å². The normalized spacial score (nSPS) is 10.9. The summed E-state index contributed by atoms with van der Waals surface area (Å²) in [4.78, 5) is 0. The highest BCUT2D eigenvalue weighted by Gasteiger charge is 2.17. The van der Waals surface area contributed by atoms with Crippen molar-refractivity contribution in [3.05, 3.63) is 64.4 Å². The molecule has 0 atom stereocenters. The molecule has 1 aromatic heterocycles. The molecule has 0 fully saturated rings. The number of hydrogen-bond donors (Lipinski definition) is 2. The van der Waals surface area contributed by atoms with Gasteiger partial charge in [0, 0.05) is 12.1 Å². The number of para-hydroxylation sites is 1. The number of anilines is 1. The predicted molar refractivity (Wildman–Crippen MR) is 89.0 cm³/mol. The zero-order chi connectivity index (χ0) is 15.7. The fourth-order valence-electron chi connectivity index (χ4n) is 2.28. The SMILES string of the molecule is NCc1ccccc1-n1nc(-c2ccc(F)cc2)c(Br)c1N. The number of nitrogens with zero attached hydrogens (tertiary/aromatic N) is 2. The van der Waals surface area contributed by atoms with E-state index in [1.807, 2.05) is 24.3 Å². The van der Waals surface area contributed by atoms with Crippen LogP contribution in [0.15, 0.2) is 53.0 Å². The minimum absolute atomic E-state index is 0.291. The summed E-state index contributed by atoms with van der Waals surface area (Å²) in [6.07, 6.45) is 0. The van der Waals surface area contributed by atoms with Crippen molar-refractivity contribution in [2.45, 2.75) is 6.54 Å². The Morgan fingerprint density at radius 2 is 1.77 bits per heavy atom. The standard InChI is InChI=1S/C16H14BrFN4/c17-14-15(10-5-7-12(18)8-6-10)21-22(16(14)20)13-4-2-1-3-11(13)9-19/h1-8H,9,19-20H2. The van der Waals surface area contributed by atoms with Gasteiger partial charge in [-0.05, 0) is 51.8 Å². The summed E-state index contributed by atoms with van der Waals surface area (Å²) in [6.45, 7) is 0.388. The Bertz CT molecular complexity index is 812. The van der Waals surface area contributed by atoms with Gasteiger partial charge in [0.1, 0.15) is 17.3 Å². The van der Waals surface area contributed by atoms with E-state index in [1.54, 1.807) is 16.8 Å². The van der Waals surface area contributed by atoms with Gasteiger partial charge in [0.25, 0.3) is 0 Å². The van der Waals surface area contributed by atoms with Crippen molar-refractivity contribution in [2.75, 3.05) is 5.73 Å². The molecule has 0 aliphatic carbocycles. The number of nitrogens with two attached hydrogens (primary N) is 2. The van der Waals surface area contributed by atoms with Crippen LogP contribution in [0.5, 0.6) is 0 Å². The van der Waals surface area contributed by atoms with Crippen molar-refractivity contribution >= 4 is 21.7 Å². The van der Waals surface area contributed by atoms with Crippen molar-refractivity contribution in [1.29, 1.82) is 0 Å². The third kappa shape index (κ3) is 2.51. The Hall–Kier alpha value is -2.18. The lowest BCUT2D eigenvalue weighted by Crippen LogP contribution is -2.08. The molecule has 0 aliphatic rings. The van der Waals surface area contributed by atoms with Gasteiger partial charge in [-0.3, -0.25) is 0 Å². The molecule has 0 spiro atoms. The monoisotopic (exact) mass is 360 g/mol. The molecule has 0 unspecified atom stereocenters. The molecule has 0 saturated carbocycles. The maximum atomic E-state index is 13.1. The van der Waals surface area contributed by atoms with E-state index in [-0.39, 0.29) is 5.82 Å². The first kappa shape index (κ1) is 14.7. The Kier molecular flexibility index (Phi) is 3.96. The Balaban J connectivity index is 2.15. The van der Waals surface area contributed by atoms with Crippen LogP contribution in [0, 0.1) is 5.82 Å². The molecule has 4 nitrogen and oxygen atoms in total. The summed E-state index contributed by atoms with van der Waals surface area (Å²) in [7, 11) is 0. The van der Waals surface area contributed by atoms with Crippen molar-refractivity contribution in [2.24, 2.45) is 5.73 Å². The second-order valence-corrected chi connectivity index (χ2v) is 5.59. The van der Waals surface area contributed by atoms with Gasteiger partial charge in [-0.15, -0.1) is 0 Å². The molecule has 0 saturated heterocycles. The van der Waals surface area contributed by atoms with Crippen molar-refractivity contribution in [3.63, 3.8) is 0 Å². The molecule has 4 N–H and O–H groups in total. The first-order valence-corrected chi connectivity index (χ1v) is 7.49.